The number of hydrogen-bond acceptors (Lipinski definition) is 2. The first kappa shape index (κ1) is 17.4. The average Bonchev–Trinajstić information content (AvgIpc) is 2.61. The Bertz CT molecular complexity index is 887. The molecule has 25 heavy (non-hydrogen) atoms. The summed E-state index contributed by atoms with van der Waals surface area (Å²) in [6.07, 6.45) is 0. The van der Waals surface area contributed by atoms with Gasteiger partial charge in [-0.05, 0) is 45.8 Å². The number of rotatable bonds is 5. The van der Waals surface area contributed by atoms with E-state index in [1.54, 1.807) is 0 Å². The van der Waals surface area contributed by atoms with Crippen molar-refractivity contribution in [2.75, 3.05) is 5.32 Å². The first-order valence-corrected chi connectivity index (χ1v) is 8.20. The van der Waals surface area contributed by atoms with E-state index in [0.29, 0.717) is 15.8 Å². The van der Waals surface area contributed by atoms with Crippen LogP contribution in [0.1, 0.15) is 5.56 Å². The normalized spacial score (nSPS) is 10.6. The molecule has 0 fully saturated rings. The number of anilines is 2. The minimum absolute atomic E-state index is 0.0384. The Labute approximate surface area is 151 Å². The van der Waals surface area contributed by atoms with Crippen LogP contribution in [0.5, 0.6) is 5.75 Å². The zero-order valence-corrected chi connectivity index (χ0v) is 14.5. The lowest BCUT2D eigenvalue weighted by atomic mass is 10.2. The number of hydrogen-bond donors (Lipinski definition) is 1. The lowest BCUT2D eigenvalue weighted by Crippen LogP contribution is -2.01. The second-order valence-corrected chi connectivity index (χ2v) is 6.06. The van der Waals surface area contributed by atoms with Gasteiger partial charge in [-0.2, -0.15) is 0 Å². The Morgan fingerprint density at radius 3 is 2.28 bits per heavy atom. The third kappa shape index (κ3) is 4.14. The Hall–Kier alpha value is -2.47. The van der Waals surface area contributed by atoms with Gasteiger partial charge in [0.1, 0.15) is 6.61 Å². The Balaban J connectivity index is 1.82. The fraction of sp³-hybridized carbons (Fsp3) is 0.0526. The highest BCUT2D eigenvalue weighted by molar-refractivity contribution is 9.10. The van der Waals surface area contributed by atoms with E-state index < -0.39 is 17.5 Å². The molecule has 3 rings (SSSR count). The molecule has 0 spiro atoms. The summed E-state index contributed by atoms with van der Waals surface area (Å²) in [5.41, 5.74) is 1.70. The maximum atomic E-state index is 14.1. The summed E-state index contributed by atoms with van der Waals surface area (Å²) in [6, 6.07) is 15.5. The highest BCUT2D eigenvalue weighted by Crippen LogP contribution is 2.37. The van der Waals surface area contributed by atoms with Crippen molar-refractivity contribution in [1.29, 1.82) is 0 Å². The predicted molar refractivity (Wildman–Crippen MR) is 94.5 cm³/mol. The van der Waals surface area contributed by atoms with Crippen molar-refractivity contribution in [2.24, 2.45) is 0 Å². The highest BCUT2D eigenvalue weighted by atomic mass is 79.9. The van der Waals surface area contributed by atoms with Gasteiger partial charge in [0.25, 0.3) is 0 Å². The molecule has 0 radical (unpaired) electrons. The quantitative estimate of drug-likeness (QED) is 0.544. The van der Waals surface area contributed by atoms with Crippen LogP contribution in [-0.4, -0.2) is 0 Å². The minimum Gasteiger partial charge on any atom is -0.485 e. The molecule has 0 saturated carbocycles. The van der Waals surface area contributed by atoms with Crippen LogP contribution < -0.4 is 10.1 Å². The lowest BCUT2D eigenvalue weighted by Gasteiger charge is -2.14. The Morgan fingerprint density at radius 1 is 0.840 bits per heavy atom. The van der Waals surface area contributed by atoms with Crippen molar-refractivity contribution in [3.63, 3.8) is 0 Å². The molecule has 3 aromatic rings. The van der Waals surface area contributed by atoms with E-state index in [1.165, 1.54) is 18.2 Å². The summed E-state index contributed by atoms with van der Waals surface area (Å²) in [5.74, 6) is -2.39. The van der Waals surface area contributed by atoms with Crippen LogP contribution in [0.25, 0.3) is 0 Å². The van der Waals surface area contributed by atoms with Gasteiger partial charge in [0, 0.05) is 11.8 Å². The molecule has 0 aromatic heterocycles. The van der Waals surface area contributed by atoms with E-state index in [-0.39, 0.29) is 12.4 Å². The van der Waals surface area contributed by atoms with E-state index >= 15 is 0 Å². The smallest absolute Gasteiger partial charge is 0.171 e. The van der Waals surface area contributed by atoms with Gasteiger partial charge in [0.15, 0.2) is 23.2 Å². The summed E-state index contributed by atoms with van der Waals surface area (Å²) in [7, 11) is 0. The first-order valence-electron chi connectivity index (χ1n) is 7.41. The van der Waals surface area contributed by atoms with E-state index in [0.717, 1.165) is 17.7 Å². The molecular weight excluding hydrogens is 395 g/mol. The average molecular weight is 408 g/mol. The lowest BCUT2D eigenvalue weighted by molar-refractivity contribution is 0.288. The van der Waals surface area contributed by atoms with Gasteiger partial charge in [0.2, 0.25) is 0 Å². The monoisotopic (exact) mass is 407 g/mol. The molecule has 0 saturated heterocycles. The second-order valence-electron chi connectivity index (χ2n) is 5.27. The molecule has 2 nitrogen and oxygen atoms in total. The fourth-order valence-corrected chi connectivity index (χ4v) is 2.76. The topological polar surface area (TPSA) is 21.3 Å². The summed E-state index contributed by atoms with van der Waals surface area (Å²) >= 11 is 3.30. The van der Waals surface area contributed by atoms with Crippen molar-refractivity contribution in [3.05, 3.63) is 88.2 Å². The largest absolute Gasteiger partial charge is 0.485 e. The van der Waals surface area contributed by atoms with Crippen LogP contribution in [0.15, 0.2) is 65.1 Å². The second kappa shape index (κ2) is 7.61. The Morgan fingerprint density at radius 2 is 1.56 bits per heavy atom. The molecule has 0 unspecified atom stereocenters. The molecule has 0 aliphatic carbocycles. The first-order chi connectivity index (χ1) is 12.0. The maximum absolute atomic E-state index is 14.1. The van der Waals surface area contributed by atoms with Crippen molar-refractivity contribution in [1.82, 2.24) is 0 Å². The number of ether oxygens (including phenoxy) is 1. The van der Waals surface area contributed by atoms with Gasteiger partial charge < -0.3 is 10.1 Å². The molecule has 0 aliphatic rings. The van der Waals surface area contributed by atoms with Crippen LogP contribution in [0.3, 0.4) is 0 Å². The Kier molecular flexibility index (Phi) is 5.28. The molecule has 0 bridgehead atoms. The van der Waals surface area contributed by atoms with Crippen LogP contribution in [-0.2, 0) is 6.61 Å². The summed E-state index contributed by atoms with van der Waals surface area (Å²) in [4.78, 5) is 0. The summed E-state index contributed by atoms with van der Waals surface area (Å²) < 4.78 is 46.4. The minimum atomic E-state index is -0.969. The van der Waals surface area contributed by atoms with Gasteiger partial charge in [-0.3, -0.25) is 0 Å². The molecule has 6 heteroatoms. The molecule has 0 aliphatic heterocycles. The predicted octanol–water partition coefficient (Wildman–Crippen LogP) is 6.19. The summed E-state index contributed by atoms with van der Waals surface area (Å²) in [6.45, 7) is 0.199. The van der Waals surface area contributed by atoms with Crippen molar-refractivity contribution < 1.29 is 17.9 Å². The van der Waals surface area contributed by atoms with E-state index in [2.05, 4.69) is 21.2 Å². The maximum Gasteiger partial charge on any atom is 0.171 e. The van der Waals surface area contributed by atoms with Gasteiger partial charge in [-0.1, -0.05) is 30.3 Å². The van der Waals surface area contributed by atoms with Gasteiger partial charge in [0.05, 0.1) is 10.2 Å². The SMILES string of the molecule is Fc1ccc(Nc2ccc(F)c(OCc3ccccc3)c2Br)cc1F. The van der Waals surface area contributed by atoms with Crippen LogP contribution in [0.4, 0.5) is 24.5 Å². The molecule has 3 aromatic carbocycles. The van der Waals surface area contributed by atoms with E-state index in [4.69, 9.17) is 4.74 Å². The number of nitrogens with one attached hydrogen (secondary N) is 1. The third-order valence-corrected chi connectivity index (χ3v) is 4.26. The van der Waals surface area contributed by atoms with Crippen molar-refractivity contribution >= 4 is 27.3 Å². The zero-order valence-electron chi connectivity index (χ0n) is 12.9. The van der Waals surface area contributed by atoms with Gasteiger partial charge in [-0.25, -0.2) is 13.2 Å². The molecular formula is C19H13BrF3NO. The molecule has 128 valence electrons. The number of halogens is 4. The van der Waals surface area contributed by atoms with Crippen LogP contribution >= 0.6 is 15.9 Å². The van der Waals surface area contributed by atoms with Crippen LogP contribution in [0, 0.1) is 17.5 Å². The van der Waals surface area contributed by atoms with Crippen molar-refractivity contribution in [3.8, 4) is 5.75 Å². The van der Waals surface area contributed by atoms with Gasteiger partial charge in [-0.15, -0.1) is 0 Å². The van der Waals surface area contributed by atoms with Gasteiger partial charge >= 0.3 is 0 Å². The van der Waals surface area contributed by atoms with Crippen LogP contribution in [0.2, 0.25) is 0 Å². The standard InChI is InChI=1S/C19H13BrF3NO/c20-18-17(24-13-6-7-14(21)16(23)10-13)9-8-15(22)19(18)25-11-12-4-2-1-3-5-12/h1-10,24H,11H2. The summed E-state index contributed by atoms with van der Waals surface area (Å²) in [5, 5.41) is 2.91. The van der Waals surface area contributed by atoms with Crippen molar-refractivity contribution in [2.45, 2.75) is 6.61 Å². The van der Waals surface area contributed by atoms with E-state index in [1.807, 2.05) is 30.3 Å². The third-order valence-electron chi connectivity index (χ3n) is 3.47. The molecule has 0 amide bonds. The highest BCUT2D eigenvalue weighted by Gasteiger charge is 2.14. The molecule has 0 heterocycles. The zero-order chi connectivity index (χ0) is 17.8. The van der Waals surface area contributed by atoms with E-state index in [9.17, 15) is 13.2 Å². The number of benzene rings is 3. The fourth-order valence-electron chi connectivity index (χ4n) is 2.22. The molecule has 1 N–H and O–H groups in total. The molecule has 0 atom stereocenters.